The molecule has 0 radical (unpaired) electrons. The number of carbonyl (C=O) groups excluding carboxylic acids is 2. The number of rotatable bonds is 8. The molecule has 0 bridgehead atoms. The SMILES string of the molecule is CCOC(=O)C(=O)Nc1cc(C)c(Sc2ccc(OCc3ccccc3)c(C(C)C)c2)c2c1CCC2. The van der Waals surface area contributed by atoms with Crippen LogP contribution in [0.1, 0.15) is 60.9 Å². The molecule has 0 heterocycles. The van der Waals surface area contributed by atoms with E-state index in [-0.39, 0.29) is 6.61 Å². The van der Waals surface area contributed by atoms with E-state index in [1.54, 1.807) is 18.7 Å². The van der Waals surface area contributed by atoms with Crippen LogP contribution >= 0.6 is 11.8 Å². The van der Waals surface area contributed by atoms with E-state index >= 15 is 0 Å². The van der Waals surface area contributed by atoms with Crippen LogP contribution in [0.25, 0.3) is 0 Å². The van der Waals surface area contributed by atoms with Crippen molar-refractivity contribution >= 4 is 29.3 Å². The van der Waals surface area contributed by atoms with Crippen molar-refractivity contribution in [2.24, 2.45) is 0 Å². The van der Waals surface area contributed by atoms with Crippen LogP contribution in [0.3, 0.4) is 0 Å². The summed E-state index contributed by atoms with van der Waals surface area (Å²) in [5.74, 6) is -0.338. The summed E-state index contributed by atoms with van der Waals surface area (Å²) in [5, 5.41) is 2.78. The molecule has 0 aliphatic heterocycles. The first-order valence-electron chi connectivity index (χ1n) is 12.5. The number of hydrogen-bond donors (Lipinski definition) is 1. The fraction of sp³-hybridized carbons (Fsp3) is 0.333. The summed E-state index contributed by atoms with van der Waals surface area (Å²) in [5.41, 5.74) is 6.50. The van der Waals surface area contributed by atoms with Gasteiger partial charge in [-0.2, -0.15) is 0 Å². The minimum atomic E-state index is -0.851. The van der Waals surface area contributed by atoms with Crippen LogP contribution in [-0.4, -0.2) is 18.5 Å². The monoisotopic (exact) mass is 503 g/mol. The number of anilines is 1. The van der Waals surface area contributed by atoms with Gasteiger partial charge in [0, 0.05) is 15.5 Å². The predicted octanol–water partition coefficient (Wildman–Crippen LogP) is 6.84. The summed E-state index contributed by atoms with van der Waals surface area (Å²) < 4.78 is 11.0. The fourth-order valence-electron chi connectivity index (χ4n) is 4.55. The number of ether oxygens (including phenoxy) is 2. The average Bonchev–Trinajstić information content (AvgIpc) is 3.36. The van der Waals surface area contributed by atoms with E-state index in [1.807, 2.05) is 24.3 Å². The number of aryl methyl sites for hydroxylation is 1. The number of carbonyl (C=O) groups is 2. The van der Waals surface area contributed by atoms with Gasteiger partial charge in [0.2, 0.25) is 0 Å². The molecule has 1 amide bonds. The molecule has 36 heavy (non-hydrogen) atoms. The van der Waals surface area contributed by atoms with Crippen molar-refractivity contribution in [1.82, 2.24) is 0 Å². The minimum Gasteiger partial charge on any atom is -0.489 e. The smallest absolute Gasteiger partial charge is 0.397 e. The van der Waals surface area contributed by atoms with E-state index in [0.29, 0.717) is 12.5 Å². The van der Waals surface area contributed by atoms with Gasteiger partial charge in [-0.1, -0.05) is 55.9 Å². The van der Waals surface area contributed by atoms with E-state index in [0.717, 1.165) is 52.3 Å². The van der Waals surface area contributed by atoms with E-state index < -0.39 is 11.9 Å². The van der Waals surface area contributed by atoms with Gasteiger partial charge in [-0.05, 0) is 91.1 Å². The number of fused-ring (bicyclic) bond motifs is 1. The van der Waals surface area contributed by atoms with E-state index in [1.165, 1.54) is 16.0 Å². The molecule has 5 nitrogen and oxygen atoms in total. The van der Waals surface area contributed by atoms with E-state index in [2.05, 4.69) is 56.4 Å². The fourth-order valence-corrected chi connectivity index (χ4v) is 5.67. The van der Waals surface area contributed by atoms with E-state index in [4.69, 9.17) is 9.47 Å². The van der Waals surface area contributed by atoms with Crippen LogP contribution in [0.4, 0.5) is 5.69 Å². The van der Waals surface area contributed by atoms with Gasteiger partial charge >= 0.3 is 11.9 Å². The number of nitrogens with one attached hydrogen (secondary N) is 1. The van der Waals surface area contributed by atoms with Crippen molar-refractivity contribution < 1.29 is 19.1 Å². The lowest BCUT2D eigenvalue weighted by Gasteiger charge is -2.19. The first-order chi connectivity index (χ1) is 17.4. The van der Waals surface area contributed by atoms with Gasteiger partial charge in [0.05, 0.1) is 6.61 Å². The quantitative estimate of drug-likeness (QED) is 0.269. The zero-order chi connectivity index (χ0) is 25.7. The van der Waals surface area contributed by atoms with Gasteiger partial charge in [-0.3, -0.25) is 4.79 Å². The minimum absolute atomic E-state index is 0.174. The maximum absolute atomic E-state index is 12.3. The second-order valence-electron chi connectivity index (χ2n) is 9.29. The Morgan fingerprint density at radius 3 is 2.50 bits per heavy atom. The highest BCUT2D eigenvalue weighted by atomic mass is 32.2. The number of benzene rings is 3. The van der Waals surface area contributed by atoms with E-state index in [9.17, 15) is 9.59 Å². The molecule has 0 spiro atoms. The molecule has 1 aliphatic carbocycles. The molecule has 4 rings (SSSR count). The first kappa shape index (κ1) is 25.8. The Labute approximate surface area is 217 Å². The zero-order valence-corrected chi connectivity index (χ0v) is 22.2. The average molecular weight is 504 g/mol. The van der Waals surface area contributed by atoms with Gasteiger partial charge in [0.25, 0.3) is 0 Å². The van der Waals surface area contributed by atoms with Gasteiger partial charge < -0.3 is 14.8 Å². The van der Waals surface area contributed by atoms with Crippen LogP contribution in [0, 0.1) is 6.92 Å². The van der Waals surface area contributed by atoms with Crippen LogP contribution in [0.2, 0.25) is 0 Å². The van der Waals surface area contributed by atoms with Gasteiger partial charge in [0.1, 0.15) is 12.4 Å². The number of esters is 1. The Hall–Kier alpha value is -3.25. The third-order valence-electron chi connectivity index (χ3n) is 6.31. The molecule has 0 fully saturated rings. The molecule has 6 heteroatoms. The van der Waals surface area contributed by atoms with Crippen molar-refractivity contribution in [3.8, 4) is 5.75 Å². The largest absolute Gasteiger partial charge is 0.489 e. The molecule has 0 saturated carbocycles. The molecule has 188 valence electrons. The van der Waals surface area contributed by atoms with Crippen molar-refractivity contribution in [3.63, 3.8) is 0 Å². The van der Waals surface area contributed by atoms with Crippen molar-refractivity contribution in [1.29, 1.82) is 0 Å². The second-order valence-corrected chi connectivity index (χ2v) is 10.4. The third-order valence-corrected chi connectivity index (χ3v) is 7.57. The Morgan fingerprint density at radius 2 is 1.78 bits per heavy atom. The van der Waals surface area contributed by atoms with Gasteiger partial charge in [0.15, 0.2) is 0 Å². The van der Waals surface area contributed by atoms with Crippen LogP contribution in [-0.2, 0) is 33.8 Å². The summed E-state index contributed by atoms with van der Waals surface area (Å²) >= 11 is 1.76. The van der Waals surface area contributed by atoms with Crippen molar-refractivity contribution in [2.45, 2.75) is 69.3 Å². The topological polar surface area (TPSA) is 64.6 Å². The molecular weight excluding hydrogens is 470 g/mol. The molecule has 0 saturated heterocycles. The maximum atomic E-state index is 12.3. The highest BCUT2D eigenvalue weighted by Crippen LogP contribution is 2.43. The maximum Gasteiger partial charge on any atom is 0.397 e. The standard InChI is InChI=1S/C30H33NO4S/c1-5-34-30(33)29(32)31-26-16-20(4)28(24-13-9-12-23(24)26)36-22-14-15-27(25(17-22)19(2)3)35-18-21-10-7-6-8-11-21/h6-8,10-11,14-17,19H,5,9,12-13,18H2,1-4H3,(H,31,32). The molecule has 0 unspecified atom stereocenters. The summed E-state index contributed by atoms with van der Waals surface area (Å²) in [6, 6.07) is 18.6. The Balaban J connectivity index is 1.57. The summed E-state index contributed by atoms with van der Waals surface area (Å²) in [7, 11) is 0. The number of amides is 1. The summed E-state index contributed by atoms with van der Waals surface area (Å²) in [4.78, 5) is 26.5. The molecule has 1 aliphatic rings. The Kier molecular flexibility index (Phi) is 8.36. The van der Waals surface area contributed by atoms with Crippen LogP contribution in [0.5, 0.6) is 5.75 Å². The molecule has 1 N–H and O–H groups in total. The second kappa shape index (κ2) is 11.7. The van der Waals surface area contributed by atoms with Crippen molar-refractivity contribution in [2.75, 3.05) is 11.9 Å². The Morgan fingerprint density at radius 1 is 1.03 bits per heavy atom. The first-order valence-corrected chi connectivity index (χ1v) is 13.3. The zero-order valence-electron chi connectivity index (χ0n) is 21.4. The lowest BCUT2D eigenvalue weighted by Crippen LogP contribution is -2.25. The highest BCUT2D eigenvalue weighted by molar-refractivity contribution is 7.99. The van der Waals surface area contributed by atoms with Crippen LogP contribution < -0.4 is 10.1 Å². The summed E-state index contributed by atoms with van der Waals surface area (Å²) in [6.07, 6.45) is 2.86. The molecule has 0 aromatic heterocycles. The number of hydrogen-bond acceptors (Lipinski definition) is 5. The molecule has 0 atom stereocenters. The molecule has 3 aromatic rings. The lowest BCUT2D eigenvalue weighted by molar-refractivity contribution is -0.152. The molecular formula is C30H33NO4S. The van der Waals surface area contributed by atoms with Gasteiger partial charge in [-0.25, -0.2) is 4.79 Å². The normalized spacial score (nSPS) is 12.4. The van der Waals surface area contributed by atoms with Crippen molar-refractivity contribution in [3.05, 3.63) is 82.4 Å². The molecule has 3 aromatic carbocycles. The Bertz CT molecular complexity index is 1250. The lowest BCUT2D eigenvalue weighted by atomic mass is 10.0. The van der Waals surface area contributed by atoms with Crippen LogP contribution in [0.15, 0.2) is 64.4 Å². The predicted molar refractivity (Wildman–Crippen MR) is 144 cm³/mol. The highest BCUT2D eigenvalue weighted by Gasteiger charge is 2.24. The summed E-state index contributed by atoms with van der Waals surface area (Å²) in [6.45, 7) is 8.83. The third kappa shape index (κ3) is 5.93. The van der Waals surface area contributed by atoms with Gasteiger partial charge in [-0.15, -0.1) is 0 Å².